The van der Waals surface area contributed by atoms with Gasteiger partial charge in [0.05, 0.1) is 21.1 Å². The highest BCUT2D eigenvalue weighted by atomic mass is 35.5. The van der Waals surface area contributed by atoms with Gasteiger partial charge in [-0.3, -0.25) is 9.97 Å². The summed E-state index contributed by atoms with van der Waals surface area (Å²) in [6.45, 7) is 1.93. The molecule has 4 rings (SSSR count). The summed E-state index contributed by atoms with van der Waals surface area (Å²) in [5, 5.41) is 0.767. The lowest BCUT2D eigenvalue weighted by Crippen LogP contribution is -2.28. The summed E-state index contributed by atoms with van der Waals surface area (Å²) in [6, 6.07) is 9.15. The van der Waals surface area contributed by atoms with Crippen LogP contribution in [0.25, 0.3) is 22.1 Å². The minimum absolute atomic E-state index is 0.0408. The van der Waals surface area contributed by atoms with Crippen molar-refractivity contribution in [2.24, 2.45) is 0 Å². The number of alkyl halides is 3. The van der Waals surface area contributed by atoms with Gasteiger partial charge in [0.1, 0.15) is 11.0 Å². The molecule has 31 heavy (non-hydrogen) atoms. The van der Waals surface area contributed by atoms with E-state index in [4.69, 9.17) is 23.2 Å². The third kappa shape index (κ3) is 5.30. The number of hydrogen-bond donors (Lipinski definition) is 0. The van der Waals surface area contributed by atoms with Crippen molar-refractivity contribution in [3.63, 3.8) is 0 Å². The topological polar surface area (TPSA) is 94.9 Å². The molecule has 0 spiro atoms. The van der Waals surface area contributed by atoms with Gasteiger partial charge < -0.3 is 4.18 Å². The first-order valence-corrected chi connectivity index (χ1v) is 10.4. The average Bonchev–Trinajstić information content (AvgIpc) is 2.69. The zero-order chi connectivity index (χ0) is 22.8. The summed E-state index contributed by atoms with van der Waals surface area (Å²) in [6.07, 6.45) is 3.06. The predicted molar refractivity (Wildman–Crippen MR) is 109 cm³/mol. The number of aromatic nitrogens is 4. The van der Waals surface area contributed by atoms with Crippen molar-refractivity contribution >= 4 is 55.4 Å². The lowest BCUT2D eigenvalue weighted by molar-refractivity contribution is -0.0501. The van der Waals surface area contributed by atoms with E-state index in [2.05, 4.69) is 24.1 Å². The SMILES string of the molecule is Cc1ccc2nccc(Cl)c2n1.O=S(=O)(Oc1ccc2nccc(Cl)c2n1)C(F)(F)F. The molecule has 4 aromatic heterocycles. The van der Waals surface area contributed by atoms with Crippen LogP contribution in [0, 0.1) is 6.92 Å². The fourth-order valence-electron chi connectivity index (χ4n) is 2.27. The Balaban J connectivity index is 0.000000194. The van der Waals surface area contributed by atoms with Crippen LogP contribution in [0.5, 0.6) is 5.88 Å². The minimum Gasteiger partial charge on any atom is -0.355 e. The van der Waals surface area contributed by atoms with E-state index in [9.17, 15) is 21.6 Å². The van der Waals surface area contributed by atoms with Crippen molar-refractivity contribution in [2.45, 2.75) is 12.4 Å². The Hall–Kier alpha value is -2.76. The maximum Gasteiger partial charge on any atom is 0.534 e. The van der Waals surface area contributed by atoms with Crippen molar-refractivity contribution in [2.75, 3.05) is 0 Å². The number of fused-ring (bicyclic) bond motifs is 2. The van der Waals surface area contributed by atoms with Gasteiger partial charge in [0.2, 0.25) is 5.88 Å². The highest BCUT2D eigenvalue weighted by molar-refractivity contribution is 7.87. The minimum atomic E-state index is -5.76. The quantitative estimate of drug-likeness (QED) is 0.284. The number of nitrogens with zero attached hydrogens (tertiary/aromatic N) is 4. The Labute approximate surface area is 184 Å². The zero-order valence-corrected chi connectivity index (χ0v) is 17.8. The molecule has 7 nitrogen and oxygen atoms in total. The van der Waals surface area contributed by atoms with Crippen LogP contribution in [0.4, 0.5) is 13.2 Å². The van der Waals surface area contributed by atoms with E-state index >= 15 is 0 Å². The second kappa shape index (κ2) is 8.77. The molecule has 0 fully saturated rings. The molecule has 0 atom stereocenters. The maximum absolute atomic E-state index is 12.1. The van der Waals surface area contributed by atoms with E-state index in [1.807, 2.05) is 19.1 Å². The van der Waals surface area contributed by atoms with Crippen LogP contribution in [-0.2, 0) is 10.1 Å². The lowest BCUT2D eigenvalue weighted by Gasteiger charge is -2.09. The normalized spacial score (nSPS) is 11.8. The highest BCUT2D eigenvalue weighted by Gasteiger charge is 2.48. The highest BCUT2D eigenvalue weighted by Crippen LogP contribution is 2.28. The number of aryl methyl sites for hydroxylation is 1. The first-order chi connectivity index (χ1) is 14.5. The predicted octanol–water partition coefficient (Wildman–Crippen LogP) is 5.10. The summed E-state index contributed by atoms with van der Waals surface area (Å²) >= 11 is 11.7. The molecule has 0 bridgehead atoms. The van der Waals surface area contributed by atoms with E-state index in [1.165, 1.54) is 18.3 Å². The number of rotatable bonds is 2. The Bertz CT molecular complexity index is 1370. The average molecular weight is 491 g/mol. The molecule has 0 N–H and O–H groups in total. The molecular formula is C18H11Cl2F3N4O3S. The van der Waals surface area contributed by atoms with Gasteiger partial charge >= 0.3 is 15.6 Å². The third-order valence-electron chi connectivity index (χ3n) is 3.66. The lowest BCUT2D eigenvalue weighted by atomic mass is 10.3. The fourth-order valence-corrected chi connectivity index (χ4v) is 3.08. The molecule has 0 saturated carbocycles. The second-order valence-electron chi connectivity index (χ2n) is 5.91. The molecule has 0 aliphatic rings. The summed E-state index contributed by atoms with van der Waals surface area (Å²) in [7, 11) is -5.76. The monoisotopic (exact) mass is 490 g/mol. The molecule has 0 aromatic carbocycles. The molecule has 4 aromatic rings. The molecular weight excluding hydrogens is 480 g/mol. The van der Waals surface area contributed by atoms with E-state index in [0.29, 0.717) is 10.5 Å². The van der Waals surface area contributed by atoms with Crippen molar-refractivity contribution in [1.82, 2.24) is 19.9 Å². The van der Waals surface area contributed by atoms with Gasteiger partial charge in [0.15, 0.2) is 0 Å². The molecule has 0 unspecified atom stereocenters. The summed E-state index contributed by atoms with van der Waals surface area (Å²) in [5.74, 6) is -0.736. The smallest absolute Gasteiger partial charge is 0.355 e. The van der Waals surface area contributed by atoms with Crippen molar-refractivity contribution in [3.8, 4) is 5.88 Å². The van der Waals surface area contributed by atoms with Gasteiger partial charge in [0.25, 0.3) is 0 Å². The number of halogens is 5. The molecule has 0 aliphatic carbocycles. The molecule has 0 amide bonds. The summed E-state index contributed by atoms with van der Waals surface area (Å²) in [4.78, 5) is 15.8. The van der Waals surface area contributed by atoms with E-state index in [1.54, 1.807) is 12.3 Å². The Morgan fingerprint density at radius 2 is 1.35 bits per heavy atom. The van der Waals surface area contributed by atoms with Gasteiger partial charge in [0, 0.05) is 24.2 Å². The Morgan fingerprint density at radius 3 is 1.90 bits per heavy atom. The molecule has 13 heteroatoms. The van der Waals surface area contributed by atoms with Crippen molar-refractivity contribution in [1.29, 1.82) is 0 Å². The summed E-state index contributed by atoms with van der Waals surface area (Å²) < 4.78 is 61.9. The van der Waals surface area contributed by atoms with Crippen LogP contribution in [0.2, 0.25) is 10.0 Å². The fraction of sp³-hybridized carbons (Fsp3) is 0.111. The molecule has 0 radical (unpaired) electrons. The van der Waals surface area contributed by atoms with Crippen LogP contribution in [0.3, 0.4) is 0 Å². The Morgan fingerprint density at radius 1 is 0.839 bits per heavy atom. The van der Waals surface area contributed by atoms with E-state index in [0.717, 1.165) is 22.8 Å². The number of pyridine rings is 4. The van der Waals surface area contributed by atoms with E-state index in [-0.39, 0.29) is 10.5 Å². The van der Waals surface area contributed by atoms with Crippen molar-refractivity contribution < 1.29 is 25.8 Å². The van der Waals surface area contributed by atoms with Crippen LogP contribution in [0.1, 0.15) is 5.69 Å². The van der Waals surface area contributed by atoms with Gasteiger partial charge in [-0.2, -0.15) is 21.6 Å². The van der Waals surface area contributed by atoms with Gasteiger partial charge in [-0.25, -0.2) is 9.97 Å². The van der Waals surface area contributed by atoms with Gasteiger partial charge in [-0.1, -0.05) is 23.2 Å². The zero-order valence-electron chi connectivity index (χ0n) is 15.4. The second-order valence-corrected chi connectivity index (χ2v) is 8.26. The molecule has 0 saturated heterocycles. The standard InChI is InChI=1S/C9H4ClF3N2O3S.C9H7ClN2/c10-5-3-4-14-6-1-2-7(15-8(5)6)18-19(16,17)9(11,12)13;1-6-2-3-8-9(12-6)7(10)4-5-11-8/h1-4H;2-5H,1H3. The molecule has 4 heterocycles. The van der Waals surface area contributed by atoms with E-state index < -0.39 is 21.5 Å². The first kappa shape index (κ1) is 22.9. The van der Waals surface area contributed by atoms with Crippen LogP contribution >= 0.6 is 23.2 Å². The Kier molecular flexibility index (Phi) is 6.48. The third-order valence-corrected chi connectivity index (χ3v) is 5.23. The van der Waals surface area contributed by atoms with Crippen molar-refractivity contribution in [3.05, 3.63) is 64.5 Å². The first-order valence-electron chi connectivity index (χ1n) is 8.28. The van der Waals surface area contributed by atoms with Crippen LogP contribution < -0.4 is 4.18 Å². The van der Waals surface area contributed by atoms with Gasteiger partial charge in [-0.15, -0.1) is 0 Å². The molecule has 162 valence electrons. The van der Waals surface area contributed by atoms with Crippen LogP contribution in [-0.4, -0.2) is 33.9 Å². The number of hydrogen-bond acceptors (Lipinski definition) is 7. The summed E-state index contributed by atoms with van der Waals surface area (Å²) in [5.41, 5.74) is -2.62. The van der Waals surface area contributed by atoms with Crippen LogP contribution in [0.15, 0.2) is 48.8 Å². The largest absolute Gasteiger partial charge is 0.534 e. The maximum atomic E-state index is 12.1. The van der Waals surface area contributed by atoms with Gasteiger partial charge in [-0.05, 0) is 37.3 Å². The molecule has 0 aliphatic heterocycles.